The van der Waals surface area contributed by atoms with Crippen LogP contribution in [0.15, 0.2) is 58.1 Å². The van der Waals surface area contributed by atoms with E-state index in [2.05, 4.69) is 37.3 Å². The van der Waals surface area contributed by atoms with Crippen molar-refractivity contribution in [2.45, 2.75) is 6.92 Å². The second-order valence-electron chi connectivity index (χ2n) is 4.67. The van der Waals surface area contributed by atoms with Crippen molar-refractivity contribution in [3.05, 3.63) is 68.7 Å². The number of nitrogens with zero attached hydrogens (tertiary/aromatic N) is 2. The SMILES string of the molecule is C/C(=N/Nc1ccc(Br)cc1[N+](=O)[O-])NNC(=O)c1ccccc1. The number of halogens is 1. The van der Waals surface area contributed by atoms with Gasteiger partial charge in [-0.3, -0.25) is 31.2 Å². The first-order valence-electron chi connectivity index (χ1n) is 6.83. The van der Waals surface area contributed by atoms with Gasteiger partial charge in [-0.2, -0.15) is 5.10 Å². The van der Waals surface area contributed by atoms with E-state index in [4.69, 9.17) is 0 Å². The van der Waals surface area contributed by atoms with Gasteiger partial charge in [0.2, 0.25) is 0 Å². The molecule has 2 aromatic carbocycles. The zero-order valence-electron chi connectivity index (χ0n) is 12.6. The van der Waals surface area contributed by atoms with E-state index in [0.29, 0.717) is 15.9 Å². The molecular weight excluding hydrogens is 378 g/mol. The van der Waals surface area contributed by atoms with Gasteiger partial charge in [-0.1, -0.05) is 34.1 Å². The molecule has 0 aliphatic carbocycles. The molecule has 0 bridgehead atoms. The Morgan fingerprint density at radius 1 is 1.17 bits per heavy atom. The average Bonchev–Trinajstić information content (AvgIpc) is 2.59. The summed E-state index contributed by atoms with van der Waals surface area (Å²) < 4.78 is 0.591. The molecule has 0 spiro atoms. The first-order valence-corrected chi connectivity index (χ1v) is 7.62. The van der Waals surface area contributed by atoms with Crippen LogP contribution in [0, 0.1) is 10.1 Å². The van der Waals surface area contributed by atoms with Crippen molar-refractivity contribution in [2.75, 3.05) is 5.43 Å². The van der Waals surface area contributed by atoms with Crippen molar-refractivity contribution in [2.24, 2.45) is 5.10 Å². The normalized spacial score (nSPS) is 10.8. The summed E-state index contributed by atoms with van der Waals surface area (Å²) in [5.74, 6) is 0.0104. The van der Waals surface area contributed by atoms with Crippen LogP contribution in [0.1, 0.15) is 17.3 Å². The Kier molecular flexibility index (Phi) is 5.85. The third-order valence-electron chi connectivity index (χ3n) is 2.89. The molecule has 2 rings (SSSR count). The van der Waals surface area contributed by atoms with Crippen LogP contribution in [0.3, 0.4) is 0 Å². The first kappa shape index (κ1) is 17.4. The fourth-order valence-corrected chi connectivity index (χ4v) is 2.08. The molecule has 9 heteroatoms. The van der Waals surface area contributed by atoms with Gasteiger partial charge in [-0.05, 0) is 31.2 Å². The molecule has 24 heavy (non-hydrogen) atoms. The monoisotopic (exact) mass is 391 g/mol. The maximum Gasteiger partial charge on any atom is 0.295 e. The summed E-state index contributed by atoms with van der Waals surface area (Å²) in [6.45, 7) is 1.60. The molecule has 0 saturated heterocycles. The molecule has 0 aliphatic heterocycles. The second-order valence-corrected chi connectivity index (χ2v) is 5.59. The van der Waals surface area contributed by atoms with Crippen LogP contribution < -0.4 is 16.3 Å². The van der Waals surface area contributed by atoms with Crippen LogP contribution in [0.4, 0.5) is 11.4 Å². The molecular formula is C15H14BrN5O3. The molecule has 0 aromatic heterocycles. The Balaban J connectivity index is 1.97. The molecule has 2 aromatic rings. The quantitative estimate of drug-likeness (QED) is 0.321. The number of hydrazone groups is 1. The summed E-state index contributed by atoms with van der Waals surface area (Å²) >= 11 is 3.18. The summed E-state index contributed by atoms with van der Waals surface area (Å²) in [4.78, 5) is 22.4. The number of hydrazine groups is 1. The number of anilines is 1. The van der Waals surface area contributed by atoms with Crippen LogP contribution in [0.2, 0.25) is 0 Å². The smallest absolute Gasteiger partial charge is 0.284 e. The highest BCUT2D eigenvalue weighted by atomic mass is 79.9. The van der Waals surface area contributed by atoms with Crippen LogP contribution in [-0.4, -0.2) is 16.7 Å². The second kappa shape index (κ2) is 8.06. The van der Waals surface area contributed by atoms with Crippen molar-refractivity contribution in [3.8, 4) is 0 Å². The lowest BCUT2D eigenvalue weighted by Gasteiger charge is -2.08. The largest absolute Gasteiger partial charge is 0.295 e. The highest BCUT2D eigenvalue weighted by Gasteiger charge is 2.13. The van der Waals surface area contributed by atoms with Gasteiger partial charge in [0, 0.05) is 16.1 Å². The molecule has 0 aliphatic rings. The van der Waals surface area contributed by atoms with Crippen LogP contribution in [0.5, 0.6) is 0 Å². The number of hydrogen-bond donors (Lipinski definition) is 3. The first-order chi connectivity index (χ1) is 11.5. The van der Waals surface area contributed by atoms with Crippen molar-refractivity contribution >= 4 is 39.0 Å². The molecule has 0 atom stereocenters. The predicted molar refractivity (Wildman–Crippen MR) is 94.6 cm³/mol. The van der Waals surface area contributed by atoms with Gasteiger partial charge in [0.15, 0.2) is 0 Å². The Bertz CT molecular complexity index is 780. The molecule has 0 heterocycles. The Morgan fingerprint density at radius 2 is 1.88 bits per heavy atom. The number of carbonyl (C=O) groups excluding carboxylic acids is 1. The fraction of sp³-hybridized carbons (Fsp3) is 0.0667. The van der Waals surface area contributed by atoms with Gasteiger partial charge in [0.25, 0.3) is 11.6 Å². The Labute approximate surface area is 146 Å². The summed E-state index contributed by atoms with van der Waals surface area (Å²) in [6, 6.07) is 13.2. The highest BCUT2D eigenvalue weighted by molar-refractivity contribution is 9.10. The molecule has 124 valence electrons. The van der Waals surface area contributed by atoms with E-state index in [0.717, 1.165) is 0 Å². The number of rotatable bonds is 4. The fourth-order valence-electron chi connectivity index (χ4n) is 1.73. The lowest BCUT2D eigenvalue weighted by Crippen LogP contribution is -2.40. The number of benzene rings is 2. The molecule has 0 radical (unpaired) electrons. The topological polar surface area (TPSA) is 109 Å². The molecule has 0 unspecified atom stereocenters. The third-order valence-corrected chi connectivity index (χ3v) is 3.39. The van der Waals surface area contributed by atoms with Crippen molar-refractivity contribution in [1.29, 1.82) is 0 Å². The van der Waals surface area contributed by atoms with E-state index in [1.807, 2.05) is 6.07 Å². The number of nitro groups is 1. The lowest BCUT2D eigenvalue weighted by molar-refractivity contribution is -0.384. The molecule has 0 saturated carbocycles. The Morgan fingerprint density at radius 3 is 2.54 bits per heavy atom. The number of nitrogens with one attached hydrogen (secondary N) is 3. The average molecular weight is 392 g/mol. The minimum absolute atomic E-state index is 0.116. The van der Waals surface area contributed by atoms with Gasteiger partial charge in [-0.15, -0.1) is 0 Å². The van der Waals surface area contributed by atoms with Crippen molar-refractivity contribution < 1.29 is 9.72 Å². The van der Waals surface area contributed by atoms with E-state index >= 15 is 0 Å². The third kappa shape index (κ3) is 4.78. The lowest BCUT2D eigenvalue weighted by atomic mass is 10.2. The van der Waals surface area contributed by atoms with Gasteiger partial charge in [-0.25, -0.2) is 0 Å². The van der Waals surface area contributed by atoms with E-state index < -0.39 is 4.92 Å². The van der Waals surface area contributed by atoms with Crippen molar-refractivity contribution in [1.82, 2.24) is 10.9 Å². The predicted octanol–water partition coefficient (Wildman–Crippen LogP) is 3.04. The standard InChI is InChI=1S/C15H14BrN5O3/c1-10(18-20-15(22)11-5-3-2-4-6-11)17-19-13-8-7-12(16)9-14(13)21(23)24/h2-9,19H,1H3,(H,17,18)(H,20,22). The number of amidine groups is 1. The number of amides is 1. The van der Waals surface area contributed by atoms with E-state index in [-0.39, 0.29) is 17.3 Å². The molecule has 3 N–H and O–H groups in total. The van der Waals surface area contributed by atoms with Crippen molar-refractivity contribution in [3.63, 3.8) is 0 Å². The van der Waals surface area contributed by atoms with Crippen LogP contribution in [0.25, 0.3) is 0 Å². The van der Waals surface area contributed by atoms with Crippen LogP contribution in [-0.2, 0) is 0 Å². The number of nitro benzene ring substituents is 1. The summed E-state index contributed by atoms with van der Waals surface area (Å²) in [5.41, 5.74) is 8.31. The summed E-state index contributed by atoms with van der Waals surface area (Å²) in [7, 11) is 0. The van der Waals surface area contributed by atoms with E-state index in [1.54, 1.807) is 37.3 Å². The highest BCUT2D eigenvalue weighted by Crippen LogP contribution is 2.27. The summed E-state index contributed by atoms with van der Waals surface area (Å²) in [5, 5.41) is 15.0. The maximum absolute atomic E-state index is 11.9. The minimum atomic E-state index is -0.511. The Hall–Kier alpha value is -2.94. The molecule has 1 amide bonds. The maximum atomic E-state index is 11.9. The summed E-state index contributed by atoms with van der Waals surface area (Å²) in [6.07, 6.45) is 0. The number of carbonyl (C=O) groups is 1. The zero-order chi connectivity index (χ0) is 17.5. The van der Waals surface area contributed by atoms with Gasteiger partial charge in [0.1, 0.15) is 11.5 Å². The van der Waals surface area contributed by atoms with E-state index in [9.17, 15) is 14.9 Å². The zero-order valence-corrected chi connectivity index (χ0v) is 14.2. The number of hydrogen-bond acceptors (Lipinski definition) is 5. The van der Waals surface area contributed by atoms with E-state index in [1.165, 1.54) is 12.1 Å². The molecule has 0 fully saturated rings. The van der Waals surface area contributed by atoms with Crippen LogP contribution >= 0.6 is 15.9 Å². The van der Waals surface area contributed by atoms with Gasteiger partial charge >= 0.3 is 0 Å². The minimum Gasteiger partial charge on any atom is -0.284 e. The molecule has 8 nitrogen and oxygen atoms in total. The van der Waals surface area contributed by atoms with Gasteiger partial charge in [0.05, 0.1) is 4.92 Å². The van der Waals surface area contributed by atoms with Gasteiger partial charge < -0.3 is 0 Å².